The van der Waals surface area contributed by atoms with E-state index in [1.807, 2.05) is 12.5 Å². The summed E-state index contributed by atoms with van der Waals surface area (Å²) in [5.41, 5.74) is 7.34. The first kappa shape index (κ1) is 11.2. The molecule has 17 heavy (non-hydrogen) atoms. The van der Waals surface area contributed by atoms with Crippen LogP contribution in [0.15, 0.2) is 12.5 Å². The van der Waals surface area contributed by atoms with E-state index in [1.165, 1.54) is 37.9 Å². The van der Waals surface area contributed by atoms with Crippen molar-refractivity contribution < 1.29 is 0 Å². The first-order chi connectivity index (χ1) is 8.31. The van der Waals surface area contributed by atoms with Gasteiger partial charge in [0.05, 0.1) is 18.1 Å². The fourth-order valence-corrected chi connectivity index (χ4v) is 3.08. The summed E-state index contributed by atoms with van der Waals surface area (Å²) in [4.78, 5) is 6.88. The minimum atomic E-state index is 0.357. The molecule has 2 fully saturated rings. The lowest BCUT2D eigenvalue weighted by molar-refractivity contribution is 0.188. The number of aromatic nitrogens is 2. The maximum atomic E-state index is 6.01. The highest BCUT2D eigenvalue weighted by Crippen LogP contribution is 2.38. The zero-order chi connectivity index (χ0) is 11.8. The highest BCUT2D eigenvalue weighted by Gasteiger charge is 2.33. The summed E-state index contributed by atoms with van der Waals surface area (Å²) in [6, 6.07) is 1.71. The van der Waals surface area contributed by atoms with Gasteiger partial charge in [-0.3, -0.25) is 4.90 Å². The third kappa shape index (κ3) is 2.00. The Morgan fingerprint density at radius 2 is 2.29 bits per heavy atom. The van der Waals surface area contributed by atoms with Crippen molar-refractivity contribution in [2.24, 2.45) is 5.73 Å². The Morgan fingerprint density at radius 1 is 1.47 bits per heavy atom. The molecule has 0 bridgehead atoms. The van der Waals surface area contributed by atoms with Crippen LogP contribution in [0.1, 0.15) is 50.4 Å². The molecule has 4 nitrogen and oxygen atoms in total. The standard InChI is InChI=1S/C13H22N4/c1-10-3-2-6-16(10)12(7-14)13-8-15-9-17(13)11-4-5-11/h8-12H,2-7,14H2,1H3. The van der Waals surface area contributed by atoms with Gasteiger partial charge in [-0.1, -0.05) is 0 Å². The molecule has 2 aliphatic rings. The number of hydrogen-bond acceptors (Lipinski definition) is 3. The van der Waals surface area contributed by atoms with Crippen LogP contribution in [0.2, 0.25) is 0 Å². The van der Waals surface area contributed by atoms with E-state index in [2.05, 4.69) is 21.4 Å². The molecule has 2 heterocycles. The molecule has 4 heteroatoms. The Kier molecular flexibility index (Phi) is 2.92. The van der Waals surface area contributed by atoms with E-state index in [9.17, 15) is 0 Å². The van der Waals surface area contributed by atoms with Crippen LogP contribution in [0.5, 0.6) is 0 Å². The molecule has 94 valence electrons. The molecule has 1 aromatic heterocycles. The number of hydrogen-bond donors (Lipinski definition) is 1. The minimum Gasteiger partial charge on any atom is -0.330 e. The third-order valence-electron chi connectivity index (χ3n) is 4.21. The van der Waals surface area contributed by atoms with E-state index in [-0.39, 0.29) is 0 Å². The molecule has 0 amide bonds. The van der Waals surface area contributed by atoms with E-state index >= 15 is 0 Å². The average Bonchev–Trinajstić information content (AvgIpc) is 2.92. The molecule has 1 aromatic rings. The van der Waals surface area contributed by atoms with Crippen molar-refractivity contribution in [3.05, 3.63) is 18.2 Å². The quantitative estimate of drug-likeness (QED) is 0.862. The Morgan fingerprint density at radius 3 is 2.88 bits per heavy atom. The number of rotatable bonds is 4. The van der Waals surface area contributed by atoms with Gasteiger partial charge in [0.1, 0.15) is 0 Å². The summed E-state index contributed by atoms with van der Waals surface area (Å²) < 4.78 is 2.35. The van der Waals surface area contributed by atoms with Crippen LogP contribution in [0.4, 0.5) is 0 Å². The Bertz CT molecular complexity index is 383. The average molecular weight is 234 g/mol. The van der Waals surface area contributed by atoms with E-state index < -0.39 is 0 Å². The topological polar surface area (TPSA) is 47.1 Å². The predicted octanol–water partition coefficient (Wildman–Crippen LogP) is 1.70. The molecule has 1 saturated carbocycles. The fourth-order valence-electron chi connectivity index (χ4n) is 3.08. The molecule has 2 N–H and O–H groups in total. The second-order valence-electron chi connectivity index (χ2n) is 5.44. The van der Waals surface area contributed by atoms with E-state index in [0.29, 0.717) is 24.7 Å². The monoisotopic (exact) mass is 234 g/mol. The van der Waals surface area contributed by atoms with Gasteiger partial charge in [-0.2, -0.15) is 0 Å². The molecule has 0 aromatic carbocycles. The summed E-state index contributed by atoms with van der Waals surface area (Å²) in [7, 11) is 0. The maximum absolute atomic E-state index is 6.01. The molecule has 2 unspecified atom stereocenters. The van der Waals surface area contributed by atoms with Crippen molar-refractivity contribution in [3.8, 4) is 0 Å². The number of nitrogens with two attached hydrogens (primary N) is 1. The van der Waals surface area contributed by atoms with Crippen LogP contribution < -0.4 is 5.73 Å². The smallest absolute Gasteiger partial charge is 0.0951 e. The van der Waals surface area contributed by atoms with E-state index in [4.69, 9.17) is 5.73 Å². The van der Waals surface area contributed by atoms with Gasteiger partial charge in [0.25, 0.3) is 0 Å². The summed E-state index contributed by atoms with van der Waals surface area (Å²) in [6.45, 7) is 4.19. The highest BCUT2D eigenvalue weighted by molar-refractivity contribution is 5.11. The predicted molar refractivity (Wildman–Crippen MR) is 67.7 cm³/mol. The van der Waals surface area contributed by atoms with E-state index in [0.717, 1.165) is 0 Å². The van der Waals surface area contributed by atoms with Crippen LogP contribution in [-0.2, 0) is 0 Å². The van der Waals surface area contributed by atoms with Crippen LogP contribution >= 0.6 is 0 Å². The van der Waals surface area contributed by atoms with Gasteiger partial charge < -0.3 is 10.3 Å². The lowest BCUT2D eigenvalue weighted by Crippen LogP contribution is -2.37. The lowest BCUT2D eigenvalue weighted by Gasteiger charge is -2.31. The van der Waals surface area contributed by atoms with Gasteiger partial charge in [-0.25, -0.2) is 4.98 Å². The van der Waals surface area contributed by atoms with Crippen molar-refractivity contribution >= 4 is 0 Å². The molecular formula is C13H22N4. The molecule has 1 aliphatic carbocycles. The van der Waals surface area contributed by atoms with Gasteiger partial charge in [0, 0.05) is 24.8 Å². The van der Waals surface area contributed by atoms with E-state index in [1.54, 1.807) is 0 Å². The fraction of sp³-hybridized carbons (Fsp3) is 0.769. The molecule has 1 saturated heterocycles. The Hall–Kier alpha value is -0.870. The number of imidazole rings is 1. The van der Waals surface area contributed by atoms with Gasteiger partial charge in [-0.15, -0.1) is 0 Å². The van der Waals surface area contributed by atoms with Crippen LogP contribution in [0, 0.1) is 0 Å². The Balaban J connectivity index is 1.86. The van der Waals surface area contributed by atoms with Crippen molar-refractivity contribution in [2.75, 3.05) is 13.1 Å². The lowest BCUT2D eigenvalue weighted by atomic mass is 10.1. The van der Waals surface area contributed by atoms with Crippen LogP contribution in [0.3, 0.4) is 0 Å². The molecule has 1 aliphatic heterocycles. The summed E-state index contributed by atoms with van der Waals surface area (Å²) in [6.07, 6.45) is 9.20. The van der Waals surface area contributed by atoms with Crippen molar-refractivity contribution in [3.63, 3.8) is 0 Å². The zero-order valence-electron chi connectivity index (χ0n) is 10.5. The van der Waals surface area contributed by atoms with Gasteiger partial charge in [-0.05, 0) is 39.2 Å². The Labute approximate surface area is 103 Å². The zero-order valence-corrected chi connectivity index (χ0v) is 10.5. The molecule has 3 rings (SSSR count). The van der Waals surface area contributed by atoms with Crippen molar-refractivity contribution in [1.82, 2.24) is 14.5 Å². The first-order valence-electron chi connectivity index (χ1n) is 6.78. The molecular weight excluding hydrogens is 212 g/mol. The van der Waals surface area contributed by atoms with Gasteiger partial charge in [0.2, 0.25) is 0 Å². The molecule has 0 spiro atoms. The van der Waals surface area contributed by atoms with Crippen molar-refractivity contribution in [2.45, 2.75) is 50.7 Å². The first-order valence-corrected chi connectivity index (χ1v) is 6.78. The SMILES string of the molecule is CC1CCCN1C(CN)c1cncn1C1CC1. The highest BCUT2D eigenvalue weighted by atomic mass is 15.2. The van der Waals surface area contributed by atoms with Gasteiger partial charge in [0.15, 0.2) is 0 Å². The third-order valence-corrected chi connectivity index (χ3v) is 4.21. The summed E-state index contributed by atoms with van der Waals surface area (Å²) in [5, 5.41) is 0. The van der Waals surface area contributed by atoms with Crippen molar-refractivity contribution in [1.29, 1.82) is 0 Å². The summed E-state index contributed by atoms with van der Waals surface area (Å²) >= 11 is 0. The maximum Gasteiger partial charge on any atom is 0.0951 e. The second kappa shape index (κ2) is 4.42. The summed E-state index contributed by atoms with van der Waals surface area (Å²) in [5.74, 6) is 0. The number of likely N-dealkylation sites (tertiary alicyclic amines) is 1. The van der Waals surface area contributed by atoms with Crippen LogP contribution in [0.25, 0.3) is 0 Å². The second-order valence-corrected chi connectivity index (χ2v) is 5.44. The normalized spacial score (nSPS) is 27.5. The van der Waals surface area contributed by atoms with Crippen LogP contribution in [-0.4, -0.2) is 33.6 Å². The minimum absolute atomic E-state index is 0.357. The molecule has 2 atom stereocenters. The van der Waals surface area contributed by atoms with Gasteiger partial charge >= 0.3 is 0 Å². The molecule has 0 radical (unpaired) electrons. The number of nitrogens with zero attached hydrogens (tertiary/aromatic N) is 3. The largest absolute Gasteiger partial charge is 0.330 e.